The number of aromatic nitrogens is 2. The first-order valence-electron chi connectivity index (χ1n) is 6.37. The van der Waals surface area contributed by atoms with E-state index in [9.17, 15) is 0 Å². The zero-order chi connectivity index (χ0) is 12.5. The lowest BCUT2D eigenvalue weighted by molar-refractivity contribution is 0.533. The second-order valence-corrected chi connectivity index (χ2v) is 5.06. The number of rotatable bonds is 4. The van der Waals surface area contributed by atoms with Gasteiger partial charge in [0.15, 0.2) is 0 Å². The number of hydrogen-bond donors (Lipinski definition) is 1. The van der Waals surface area contributed by atoms with E-state index in [-0.39, 0.29) is 0 Å². The van der Waals surface area contributed by atoms with Crippen molar-refractivity contribution in [1.82, 2.24) is 10.2 Å². The van der Waals surface area contributed by atoms with Gasteiger partial charge in [0.25, 0.3) is 0 Å². The molecular formula is C14H17N3O. The lowest BCUT2D eigenvalue weighted by atomic mass is 10.2. The van der Waals surface area contributed by atoms with Gasteiger partial charge in [-0.15, -0.1) is 10.2 Å². The molecular weight excluding hydrogens is 226 g/mol. The minimum absolute atomic E-state index is 0.580. The molecule has 1 aliphatic carbocycles. The summed E-state index contributed by atoms with van der Waals surface area (Å²) in [5.74, 6) is 2.88. The summed E-state index contributed by atoms with van der Waals surface area (Å²) >= 11 is 0. The molecule has 0 bridgehead atoms. The number of aryl methyl sites for hydroxylation is 1. The van der Waals surface area contributed by atoms with Gasteiger partial charge in [0.05, 0.1) is 0 Å². The highest BCUT2D eigenvalue weighted by Crippen LogP contribution is 2.37. The van der Waals surface area contributed by atoms with Gasteiger partial charge in [0.1, 0.15) is 0 Å². The predicted octanol–water partition coefficient (Wildman–Crippen LogP) is 3.11. The van der Waals surface area contributed by atoms with Crippen LogP contribution in [0.15, 0.2) is 28.7 Å². The van der Waals surface area contributed by atoms with Crippen LogP contribution in [-0.4, -0.2) is 16.7 Å². The van der Waals surface area contributed by atoms with Gasteiger partial charge in [0, 0.05) is 24.7 Å². The maximum atomic E-state index is 5.43. The van der Waals surface area contributed by atoms with Crippen molar-refractivity contribution >= 4 is 5.69 Å². The van der Waals surface area contributed by atoms with E-state index >= 15 is 0 Å². The van der Waals surface area contributed by atoms with Crippen LogP contribution in [0.4, 0.5) is 5.69 Å². The minimum atomic E-state index is 0.580. The quantitative estimate of drug-likeness (QED) is 0.896. The van der Waals surface area contributed by atoms with Crippen LogP contribution >= 0.6 is 0 Å². The Morgan fingerprint density at radius 1 is 1.39 bits per heavy atom. The molecule has 2 atom stereocenters. The van der Waals surface area contributed by atoms with E-state index < -0.39 is 0 Å². The third-order valence-corrected chi connectivity index (χ3v) is 3.48. The van der Waals surface area contributed by atoms with Gasteiger partial charge in [-0.2, -0.15) is 0 Å². The van der Waals surface area contributed by atoms with Crippen LogP contribution in [0.3, 0.4) is 0 Å². The summed E-state index contributed by atoms with van der Waals surface area (Å²) in [5, 5.41) is 11.3. The highest BCUT2D eigenvalue weighted by atomic mass is 16.4. The molecule has 1 fully saturated rings. The summed E-state index contributed by atoms with van der Waals surface area (Å²) in [7, 11) is 0. The van der Waals surface area contributed by atoms with E-state index in [0.717, 1.165) is 29.6 Å². The molecule has 2 aromatic rings. The largest absolute Gasteiger partial charge is 0.421 e. The van der Waals surface area contributed by atoms with E-state index in [4.69, 9.17) is 4.42 Å². The Morgan fingerprint density at radius 2 is 2.22 bits per heavy atom. The average molecular weight is 243 g/mol. The molecule has 2 unspecified atom stereocenters. The molecule has 1 N–H and O–H groups in total. The molecule has 4 nitrogen and oxygen atoms in total. The summed E-state index contributed by atoms with van der Waals surface area (Å²) in [4.78, 5) is 0. The van der Waals surface area contributed by atoms with E-state index in [1.807, 2.05) is 12.1 Å². The van der Waals surface area contributed by atoms with Crippen LogP contribution < -0.4 is 5.32 Å². The summed E-state index contributed by atoms with van der Waals surface area (Å²) in [6.45, 7) is 5.14. The number of benzene rings is 1. The van der Waals surface area contributed by atoms with Gasteiger partial charge < -0.3 is 9.73 Å². The van der Waals surface area contributed by atoms with Gasteiger partial charge in [-0.1, -0.05) is 13.0 Å². The van der Waals surface area contributed by atoms with Gasteiger partial charge in [-0.05, 0) is 36.5 Å². The fourth-order valence-corrected chi connectivity index (χ4v) is 2.11. The van der Waals surface area contributed by atoms with Crippen molar-refractivity contribution in [2.24, 2.45) is 11.8 Å². The molecule has 0 saturated heterocycles. The first-order chi connectivity index (χ1) is 8.72. The second-order valence-electron chi connectivity index (χ2n) is 5.06. The van der Waals surface area contributed by atoms with Gasteiger partial charge in [0.2, 0.25) is 11.8 Å². The van der Waals surface area contributed by atoms with Crippen LogP contribution in [0.1, 0.15) is 19.2 Å². The smallest absolute Gasteiger partial charge is 0.247 e. The summed E-state index contributed by atoms with van der Waals surface area (Å²) in [5.41, 5.74) is 2.08. The van der Waals surface area contributed by atoms with Crippen molar-refractivity contribution in [1.29, 1.82) is 0 Å². The molecule has 4 heteroatoms. The normalized spacial score (nSPS) is 21.9. The zero-order valence-corrected chi connectivity index (χ0v) is 10.7. The first kappa shape index (κ1) is 11.3. The third kappa shape index (κ3) is 2.37. The maximum absolute atomic E-state index is 5.43. The van der Waals surface area contributed by atoms with Crippen LogP contribution in [0.5, 0.6) is 0 Å². The Labute approximate surface area is 106 Å². The molecule has 0 spiro atoms. The van der Waals surface area contributed by atoms with Crippen LogP contribution in [0, 0.1) is 18.8 Å². The van der Waals surface area contributed by atoms with Gasteiger partial charge in [-0.3, -0.25) is 0 Å². The predicted molar refractivity (Wildman–Crippen MR) is 70.2 cm³/mol. The van der Waals surface area contributed by atoms with Crippen molar-refractivity contribution in [3.8, 4) is 11.5 Å². The molecule has 0 aliphatic heterocycles. The number of nitrogens with zero attached hydrogens (tertiary/aromatic N) is 2. The van der Waals surface area contributed by atoms with Crippen LogP contribution in [-0.2, 0) is 0 Å². The highest BCUT2D eigenvalue weighted by Gasteiger charge is 2.31. The lowest BCUT2D eigenvalue weighted by Gasteiger charge is -2.06. The van der Waals surface area contributed by atoms with Gasteiger partial charge >= 0.3 is 0 Å². The minimum Gasteiger partial charge on any atom is -0.421 e. The van der Waals surface area contributed by atoms with Crippen molar-refractivity contribution in [3.63, 3.8) is 0 Å². The SMILES string of the molecule is Cc1nnc(-c2cccc(NCC3CC3C)c2)o1. The van der Waals surface area contributed by atoms with Crippen molar-refractivity contribution in [2.75, 3.05) is 11.9 Å². The average Bonchev–Trinajstić information content (AvgIpc) is 2.90. The fourth-order valence-electron chi connectivity index (χ4n) is 2.11. The standard InChI is InChI=1S/C14H17N3O/c1-9-6-12(9)8-15-13-5-3-4-11(7-13)14-17-16-10(2)18-14/h3-5,7,9,12,15H,6,8H2,1-2H3. The van der Waals surface area contributed by atoms with E-state index in [1.165, 1.54) is 6.42 Å². The molecule has 0 amide bonds. The molecule has 1 aromatic carbocycles. The van der Waals surface area contributed by atoms with Crippen molar-refractivity contribution in [2.45, 2.75) is 20.3 Å². The number of nitrogens with one attached hydrogen (secondary N) is 1. The Hall–Kier alpha value is -1.84. The van der Waals surface area contributed by atoms with E-state index in [2.05, 4.69) is 34.6 Å². The molecule has 1 aromatic heterocycles. The van der Waals surface area contributed by atoms with Gasteiger partial charge in [-0.25, -0.2) is 0 Å². The molecule has 0 radical (unpaired) electrons. The van der Waals surface area contributed by atoms with Crippen molar-refractivity contribution < 1.29 is 4.42 Å². The van der Waals surface area contributed by atoms with Crippen LogP contribution in [0.25, 0.3) is 11.5 Å². The number of hydrogen-bond acceptors (Lipinski definition) is 4. The third-order valence-electron chi connectivity index (χ3n) is 3.48. The monoisotopic (exact) mass is 243 g/mol. The summed E-state index contributed by atoms with van der Waals surface area (Å²) in [6, 6.07) is 8.12. The first-order valence-corrected chi connectivity index (χ1v) is 6.37. The van der Waals surface area contributed by atoms with E-state index in [1.54, 1.807) is 6.92 Å². The van der Waals surface area contributed by atoms with Crippen LogP contribution in [0.2, 0.25) is 0 Å². The molecule has 3 rings (SSSR count). The topological polar surface area (TPSA) is 51.0 Å². The fraction of sp³-hybridized carbons (Fsp3) is 0.429. The zero-order valence-electron chi connectivity index (χ0n) is 10.7. The Balaban J connectivity index is 1.72. The Morgan fingerprint density at radius 3 is 2.89 bits per heavy atom. The Kier molecular flexibility index (Phi) is 2.78. The molecule has 1 saturated carbocycles. The molecule has 94 valence electrons. The maximum Gasteiger partial charge on any atom is 0.247 e. The summed E-state index contributed by atoms with van der Waals surface area (Å²) < 4.78 is 5.43. The molecule has 18 heavy (non-hydrogen) atoms. The van der Waals surface area contributed by atoms with Crippen molar-refractivity contribution in [3.05, 3.63) is 30.2 Å². The Bertz CT molecular complexity index is 549. The second kappa shape index (κ2) is 4.44. The summed E-state index contributed by atoms with van der Waals surface area (Å²) in [6.07, 6.45) is 1.34. The number of anilines is 1. The van der Waals surface area contributed by atoms with E-state index in [0.29, 0.717) is 11.8 Å². The molecule has 1 heterocycles. The molecule has 1 aliphatic rings. The lowest BCUT2D eigenvalue weighted by Crippen LogP contribution is -2.04. The highest BCUT2D eigenvalue weighted by molar-refractivity contribution is 5.61.